The molecule has 20 heavy (non-hydrogen) atoms. The standard InChI is InChI=1S/C16H12N4/c1-12-3-2-4-15(9-12)20-16(10-14(11-17)19-20)13-5-7-18-8-6-13/h2-10H,1H3. The summed E-state index contributed by atoms with van der Waals surface area (Å²) in [5.74, 6) is 0. The minimum Gasteiger partial charge on any atom is -0.265 e. The molecular formula is C16H12N4. The highest BCUT2D eigenvalue weighted by Gasteiger charge is 2.11. The van der Waals surface area contributed by atoms with E-state index in [0.29, 0.717) is 5.69 Å². The normalized spacial score (nSPS) is 10.2. The van der Waals surface area contributed by atoms with Crippen LogP contribution in [0.1, 0.15) is 11.3 Å². The van der Waals surface area contributed by atoms with Crippen LogP contribution in [0.2, 0.25) is 0 Å². The summed E-state index contributed by atoms with van der Waals surface area (Å²) in [6, 6.07) is 15.7. The second-order valence-corrected chi connectivity index (χ2v) is 4.51. The Morgan fingerprint density at radius 2 is 1.90 bits per heavy atom. The molecular weight excluding hydrogens is 248 g/mol. The second-order valence-electron chi connectivity index (χ2n) is 4.51. The minimum atomic E-state index is 0.401. The van der Waals surface area contributed by atoms with Crippen LogP contribution in [-0.4, -0.2) is 14.8 Å². The molecule has 0 spiro atoms. The Bertz CT molecular complexity index is 782. The van der Waals surface area contributed by atoms with Gasteiger partial charge in [0.05, 0.1) is 11.4 Å². The van der Waals surface area contributed by atoms with Crippen LogP contribution in [0.15, 0.2) is 54.9 Å². The Morgan fingerprint density at radius 1 is 1.10 bits per heavy atom. The molecule has 96 valence electrons. The highest BCUT2D eigenvalue weighted by Crippen LogP contribution is 2.23. The molecule has 4 nitrogen and oxygen atoms in total. The number of hydrogen-bond donors (Lipinski definition) is 0. The first-order chi connectivity index (χ1) is 9.78. The number of rotatable bonds is 2. The molecule has 0 N–H and O–H groups in total. The highest BCUT2D eigenvalue weighted by atomic mass is 15.3. The quantitative estimate of drug-likeness (QED) is 0.711. The van der Waals surface area contributed by atoms with Crippen molar-refractivity contribution >= 4 is 0 Å². The number of benzene rings is 1. The van der Waals surface area contributed by atoms with Gasteiger partial charge >= 0.3 is 0 Å². The van der Waals surface area contributed by atoms with Crippen LogP contribution < -0.4 is 0 Å². The van der Waals surface area contributed by atoms with Crippen LogP contribution >= 0.6 is 0 Å². The van der Waals surface area contributed by atoms with Gasteiger partial charge < -0.3 is 0 Å². The molecule has 0 unspecified atom stereocenters. The molecule has 0 amide bonds. The molecule has 2 aromatic heterocycles. The third-order valence-corrected chi connectivity index (χ3v) is 3.05. The van der Waals surface area contributed by atoms with Gasteiger partial charge in [0, 0.05) is 24.0 Å². The van der Waals surface area contributed by atoms with E-state index in [2.05, 4.69) is 16.2 Å². The zero-order valence-electron chi connectivity index (χ0n) is 11.0. The average molecular weight is 260 g/mol. The van der Waals surface area contributed by atoms with E-state index in [1.165, 1.54) is 0 Å². The fourth-order valence-electron chi connectivity index (χ4n) is 2.12. The Labute approximate surface area is 116 Å². The summed E-state index contributed by atoms with van der Waals surface area (Å²) < 4.78 is 1.79. The van der Waals surface area contributed by atoms with Gasteiger partial charge in [-0.15, -0.1) is 0 Å². The van der Waals surface area contributed by atoms with E-state index in [1.807, 2.05) is 43.3 Å². The smallest absolute Gasteiger partial charge is 0.163 e. The van der Waals surface area contributed by atoms with E-state index >= 15 is 0 Å². The van der Waals surface area contributed by atoms with Gasteiger partial charge in [-0.3, -0.25) is 4.98 Å². The van der Waals surface area contributed by atoms with Crippen molar-refractivity contribution in [3.8, 4) is 23.0 Å². The lowest BCUT2D eigenvalue weighted by Crippen LogP contribution is -1.99. The van der Waals surface area contributed by atoms with E-state index in [-0.39, 0.29) is 0 Å². The summed E-state index contributed by atoms with van der Waals surface area (Å²) in [5, 5.41) is 13.4. The Balaban J connectivity index is 2.21. The molecule has 0 aliphatic carbocycles. The predicted octanol–water partition coefficient (Wildman–Crippen LogP) is 3.11. The lowest BCUT2D eigenvalue weighted by Gasteiger charge is -2.07. The number of hydrogen-bond acceptors (Lipinski definition) is 3. The van der Waals surface area contributed by atoms with E-state index < -0.39 is 0 Å². The number of pyridine rings is 1. The van der Waals surface area contributed by atoms with Crippen molar-refractivity contribution in [1.29, 1.82) is 5.26 Å². The van der Waals surface area contributed by atoms with E-state index in [4.69, 9.17) is 5.26 Å². The lowest BCUT2D eigenvalue weighted by molar-refractivity contribution is 0.879. The van der Waals surface area contributed by atoms with Gasteiger partial charge in [0.25, 0.3) is 0 Å². The molecule has 0 saturated carbocycles. The van der Waals surface area contributed by atoms with Crippen LogP contribution in [0, 0.1) is 18.3 Å². The SMILES string of the molecule is Cc1cccc(-n2nc(C#N)cc2-c2ccncc2)c1. The molecule has 3 rings (SSSR count). The van der Waals surface area contributed by atoms with Gasteiger partial charge in [-0.2, -0.15) is 10.4 Å². The van der Waals surface area contributed by atoms with E-state index in [1.54, 1.807) is 23.1 Å². The molecule has 0 saturated heterocycles. The predicted molar refractivity (Wildman–Crippen MR) is 76.2 cm³/mol. The van der Waals surface area contributed by atoms with Crippen molar-refractivity contribution in [2.75, 3.05) is 0 Å². The molecule has 2 heterocycles. The van der Waals surface area contributed by atoms with Crippen molar-refractivity contribution in [2.45, 2.75) is 6.92 Å². The summed E-state index contributed by atoms with van der Waals surface area (Å²) in [6.07, 6.45) is 3.46. The van der Waals surface area contributed by atoms with Gasteiger partial charge in [0.2, 0.25) is 0 Å². The summed E-state index contributed by atoms with van der Waals surface area (Å²) in [4.78, 5) is 4.02. The van der Waals surface area contributed by atoms with Crippen molar-refractivity contribution in [3.05, 3.63) is 66.1 Å². The molecule has 0 fully saturated rings. The lowest BCUT2D eigenvalue weighted by atomic mass is 10.1. The first kappa shape index (κ1) is 12.1. The Kier molecular flexibility index (Phi) is 3.02. The first-order valence-electron chi connectivity index (χ1n) is 6.25. The van der Waals surface area contributed by atoms with E-state index in [0.717, 1.165) is 22.5 Å². The van der Waals surface area contributed by atoms with Crippen LogP contribution in [0.4, 0.5) is 0 Å². The molecule has 0 atom stereocenters. The summed E-state index contributed by atoms with van der Waals surface area (Å²) >= 11 is 0. The third-order valence-electron chi connectivity index (χ3n) is 3.05. The molecule has 1 aromatic carbocycles. The summed E-state index contributed by atoms with van der Waals surface area (Å²) in [6.45, 7) is 2.03. The zero-order chi connectivity index (χ0) is 13.9. The molecule has 0 aliphatic heterocycles. The van der Waals surface area contributed by atoms with Gasteiger partial charge in [-0.1, -0.05) is 12.1 Å². The van der Waals surface area contributed by atoms with Crippen LogP contribution in [0.3, 0.4) is 0 Å². The van der Waals surface area contributed by atoms with Crippen molar-refractivity contribution in [1.82, 2.24) is 14.8 Å². The highest BCUT2D eigenvalue weighted by molar-refractivity contribution is 5.63. The third kappa shape index (κ3) is 2.17. The molecule has 4 heteroatoms. The van der Waals surface area contributed by atoms with Gasteiger partial charge in [0.1, 0.15) is 6.07 Å². The van der Waals surface area contributed by atoms with Crippen LogP contribution in [0.5, 0.6) is 0 Å². The van der Waals surface area contributed by atoms with Crippen molar-refractivity contribution in [2.24, 2.45) is 0 Å². The minimum absolute atomic E-state index is 0.401. The number of aryl methyl sites for hydroxylation is 1. The molecule has 0 bridgehead atoms. The van der Waals surface area contributed by atoms with E-state index in [9.17, 15) is 0 Å². The fourth-order valence-corrected chi connectivity index (χ4v) is 2.12. The maximum absolute atomic E-state index is 9.09. The van der Waals surface area contributed by atoms with Crippen molar-refractivity contribution in [3.63, 3.8) is 0 Å². The number of nitrogens with zero attached hydrogens (tertiary/aromatic N) is 4. The number of nitriles is 1. The zero-order valence-corrected chi connectivity index (χ0v) is 11.0. The van der Waals surface area contributed by atoms with Crippen molar-refractivity contribution < 1.29 is 0 Å². The maximum Gasteiger partial charge on any atom is 0.163 e. The Morgan fingerprint density at radius 3 is 2.60 bits per heavy atom. The largest absolute Gasteiger partial charge is 0.265 e. The summed E-state index contributed by atoms with van der Waals surface area (Å²) in [7, 11) is 0. The topological polar surface area (TPSA) is 54.5 Å². The molecule has 0 radical (unpaired) electrons. The molecule has 3 aromatic rings. The summed E-state index contributed by atoms with van der Waals surface area (Å²) in [5.41, 5.74) is 4.36. The second kappa shape index (κ2) is 4.98. The molecule has 0 aliphatic rings. The average Bonchev–Trinajstić information content (AvgIpc) is 2.92. The Hall–Kier alpha value is -2.93. The first-order valence-corrected chi connectivity index (χ1v) is 6.25. The van der Waals surface area contributed by atoms with Gasteiger partial charge in [-0.05, 0) is 36.8 Å². The van der Waals surface area contributed by atoms with Gasteiger partial charge in [0.15, 0.2) is 5.69 Å². The van der Waals surface area contributed by atoms with Crippen LogP contribution in [0.25, 0.3) is 16.9 Å². The van der Waals surface area contributed by atoms with Gasteiger partial charge in [-0.25, -0.2) is 4.68 Å². The number of aromatic nitrogens is 3. The monoisotopic (exact) mass is 260 g/mol. The maximum atomic E-state index is 9.09. The fraction of sp³-hybridized carbons (Fsp3) is 0.0625. The van der Waals surface area contributed by atoms with Crippen LogP contribution in [-0.2, 0) is 0 Å².